The highest BCUT2D eigenvalue weighted by Gasteiger charge is 2.42. The number of hydrogen-bond donors (Lipinski definition) is 1. The monoisotopic (exact) mass is 808 g/mol. The van der Waals surface area contributed by atoms with E-state index in [1.807, 2.05) is 0 Å². The van der Waals surface area contributed by atoms with Crippen molar-refractivity contribution in [2.24, 2.45) is 0 Å². The Morgan fingerprint density at radius 2 is 1.07 bits per heavy atom. The van der Waals surface area contributed by atoms with Crippen molar-refractivity contribution < 1.29 is 13.0 Å². The number of anilines is 2. The highest BCUT2D eigenvalue weighted by molar-refractivity contribution is 7.85. The highest BCUT2D eigenvalue weighted by Crippen LogP contribution is 2.50. The topological polar surface area (TPSA) is 63.9 Å². The fourth-order valence-corrected chi connectivity index (χ4v) is 9.95. The van der Waals surface area contributed by atoms with Crippen molar-refractivity contribution in [2.45, 2.75) is 104 Å². The van der Waals surface area contributed by atoms with E-state index in [-0.39, 0.29) is 16.6 Å². The predicted octanol–water partition coefficient (Wildman–Crippen LogP) is 12.4. The quantitative estimate of drug-likeness (QED) is 0.0828. The van der Waals surface area contributed by atoms with Gasteiger partial charge in [0.2, 0.25) is 17.1 Å². The summed E-state index contributed by atoms with van der Waals surface area (Å²) in [6.45, 7) is 17.6. The molecule has 0 amide bonds. The molecule has 0 atom stereocenters. The number of rotatable bonds is 13. The second-order valence-corrected chi connectivity index (χ2v) is 19.2. The van der Waals surface area contributed by atoms with Crippen LogP contribution in [-0.4, -0.2) is 37.5 Å². The van der Waals surface area contributed by atoms with Gasteiger partial charge in [-0.3, -0.25) is 4.55 Å². The number of allylic oxidation sites excluding steroid dienone is 8. The van der Waals surface area contributed by atoms with Crippen molar-refractivity contribution in [3.05, 3.63) is 166 Å². The van der Waals surface area contributed by atoms with E-state index in [4.69, 9.17) is 0 Å². The zero-order valence-electron chi connectivity index (χ0n) is 36.1. The van der Waals surface area contributed by atoms with Crippen LogP contribution in [-0.2, 0) is 20.9 Å². The Hall–Kier alpha value is -4.98. The first kappa shape index (κ1) is 42.2. The second kappa shape index (κ2) is 17.3. The number of fused-ring (bicyclic) bond motifs is 2. The molecule has 3 aliphatic rings. The SMILES string of the molecule is CCCCCN1C(=CC=C2CC/C(=C\C=C3\N(CCCCS(=O)(=O)O)c4ccc(C)cc4C3(C)C)C2=[N+](c2ccccc2)c2ccccc2)C(C)(C)c2cc(C)ccc21. The van der Waals surface area contributed by atoms with Crippen LogP contribution in [0.3, 0.4) is 0 Å². The minimum absolute atomic E-state index is 0.142. The summed E-state index contributed by atoms with van der Waals surface area (Å²) in [4.78, 5) is 4.95. The van der Waals surface area contributed by atoms with Gasteiger partial charge >= 0.3 is 0 Å². The first-order valence-electron chi connectivity index (χ1n) is 21.5. The van der Waals surface area contributed by atoms with Crippen LogP contribution >= 0.6 is 0 Å². The summed E-state index contributed by atoms with van der Waals surface area (Å²) < 4.78 is 35.1. The van der Waals surface area contributed by atoms with Gasteiger partial charge in [0.1, 0.15) is 0 Å². The summed E-state index contributed by atoms with van der Waals surface area (Å²) in [5.74, 6) is -0.230. The number of aryl methyl sites for hydroxylation is 2. The highest BCUT2D eigenvalue weighted by atomic mass is 32.2. The van der Waals surface area contributed by atoms with Crippen LogP contribution in [0.15, 0.2) is 144 Å². The molecule has 4 aromatic rings. The van der Waals surface area contributed by atoms with Gasteiger partial charge in [-0.1, -0.05) is 131 Å². The molecule has 0 spiro atoms. The third-order valence-electron chi connectivity index (χ3n) is 12.5. The Balaban J connectivity index is 1.38. The number of nitrogens with zero attached hydrogens (tertiary/aromatic N) is 3. The van der Waals surface area contributed by atoms with E-state index < -0.39 is 10.1 Å². The van der Waals surface area contributed by atoms with E-state index in [0.717, 1.165) is 42.9 Å². The van der Waals surface area contributed by atoms with Gasteiger partial charge in [-0.15, -0.1) is 0 Å². The fraction of sp³-hybridized carbons (Fsp3) is 0.365. The molecule has 2 aliphatic heterocycles. The van der Waals surface area contributed by atoms with Crippen molar-refractivity contribution in [1.82, 2.24) is 4.58 Å². The van der Waals surface area contributed by atoms with Gasteiger partial charge in [-0.25, -0.2) is 0 Å². The van der Waals surface area contributed by atoms with Crippen LogP contribution in [0, 0.1) is 13.8 Å². The molecule has 2 heterocycles. The maximum atomic E-state index is 11.6. The van der Waals surface area contributed by atoms with Gasteiger partial charge < -0.3 is 9.80 Å². The molecular formula is C52H62N3O3S+. The van der Waals surface area contributed by atoms with E-state index in [1.165, 1.54) is 69.0 Å². The average molecular weight is 809 g/mol. The molecule has 1 aliphatic carbocycles. The van der Waals surface area contributed by atoms with E-state index in [9.17, 15) is 13.0 Å². The molecule has 4 aromatic carbocycles. The van der Waals surface area contributed by atoms with Crippen LogP contribution in [0.25, 0.3) is 0 Å². The van der Waals surface area contributed by atoms with Crippen LogP contribution < -0.4 is 14.4 Å². The maximum Gasteiger partial charge on any atom is 0.264 e. The first-order valence-corrected chi connectivity index (χ1v) is 23.1. The predicted molar refractivity (Wildman–Crippen MR) is 249 cm³/mol. The molecular weight excluding hydrogens is 747 g/mol. The largest absolute Gasteiger partial charge is 0.344 e. The van der Waals surface area contributed by atoms with Crippen molar-refractivity contribution in [1.29, 1.82) is 0 Å². The Morgan fingerprint density at radius 1 is 0.627 bits per heavy atom. The molecule has 0 unspecified atom stereocenters. The van der Waals surface area contributed by atoms with Crippen LogP contribution in [0.5, 0.6) is 0 Å². The first-order chi connectivity index (χ1) is 28.2. The molecule has 59 heavy (non-hydrogen) atoms. The molecule has 0 bridgehead atoms. The molecule has 308 valence electrons. The lowest BCUT2D eigenvalue weighted by Crippen LogP contribution is -2.27. The van der Waals surface area contributed by atoms with E-state index in [1.54, 1.807) is 0 Å². The Morgan fingerprint density at radius 3 is 1.49 bits per heavy atom. The normalized spacial score (nSPS) is 19.7. The molecule has 1 saturated carbocycles. The Bertz CT molecular complexity index is 2410. The smallest absolute Gasteiger partial charge is 0.264 e. The number of benzene rings is 4. The van der Waals surface area contributed by atoms with E-state index >= 15 is 0 Å². The number of para-hydroxylation sites is 2. The lowest BCUT2D eigenvalue weighted by molar-refractivity contribution is 0.480. The summed E-state index contributed by atoms with van der Waals surface area (Å²) in [5, 5.41) is 0. The molecule has 0 radical (unpaired) electrons. The van der Waals surface area contributed by atoms with Gasteiger partial charge in [0, 0.05) is 82.1 Å². The zero-order valence-corrected chi connectivity index (χ0v) is 36.9. The van der Waals surface area contributed by atoms with Crippen LogP contribution in [0.4, 0.5) is 22.7 Å². The van der Waals surface area contributed by atoms with E-state index in [0.29, 0.717) is 19.4 Å². The van der Waals surface area contributed by atoms with Gasteiger partial charge in [0.05, 0.1) is 5.75 Å². The molecule has 1 N–H and O–H groups in total. The molecule has 7 rings (SSSR count). The summed E-state index contributed by atoms with van der Waals surface area (Å²) in [7, 11) is -4.01. The molecule has 6 nitrogen and oxygen atoms in total. The minimum atomic E-state index is -4.01. The van der Waals surface area contributed by atoms with Crippen LogP contribution in [0.2, 0.25) is 0 Å². The standard InChI is InChI=1S/C52H61N3O3S/c1-8-9-16-33-53-46-29-23-38(2)36-44(46)51(4,5)48(53)31-27-40-25-26-41(50(40)55(42-19-12-10-13-20-42)43-21-14-11-15-22-43)28-32-49-52(6,7)45-37-39(3)24-30-47(45)54(49)34-17-18-35-59(56,57)58/h10-15,19-24,27-32,36-37H,8-9,16-18,25-26,33-35H2,1-7H3/p+1. The summed E-state index contributed by atoms with van der Waals surface area (Å²) in [5.41, 5.74) is 15.8. The molecule has 0 aromatic heterocycles. The molecule has 0 saturated heterocycles. The summed E-state index contributed by atoms with van der Waals surface area (Å²) in [6, 6.07) is 35.0. The lowest BCUT2D eigenvalue weighted by atomic mass is 9.83. The van der Waals surface area contributed by atoms with E-state index in [2.05, 4.69) is 184 Å². The number of hydrogen-bond acceptors (Lipinski definition) is 4. The zero-order chi connectivity index (χ0) is 42.0. The fourth-order valence-electron chi connectivity index (χ4n) is 9.38. The maximum absolute atomic E-state index is 11.6. The number of unbranched alkanes of at least 4 members (excludes halogenated alkanes) is 3. The van der Waals surface area contributed by atoms with Crippen molar-refractivity contribution in [3.63, 3.8) is 0 Å². The van der Waals surface area contributed by atoms with Crippen molar-refractivity contribution in [3.8, 4) is 0 Å². The molecule has 7 heteroatoms. The van der Waals surface area contributed by atoms with Gasteiger partial charge in [0.25, 0.3) is 10.1 Å². The van der Waals surface area contributed by atoms with Gasteiger partial charge in [-0.05, 0) is 81.4 Å². The third-order valence-corrected chi connectivity index (χ3v) is 13.3. The second-order valence-electron chi connectivity index (χ2n) is 17.6. The van der Waals surface area contributed by atoms with Crippen LogP contribution in [0.1, 0.15) is 102 Å². The van der Waals surface area contributed by atoms with Gasteiger partial charge in [0.15, 0.2) is 0 Å². The van der Waals surface area contributed by atoms with Gasteiger partial charge in [-0.2, -0.15) is 13.0 Å². The van der Waals surface area contributed by atoms with Crippen molar-refractivity contribution in [2.75, 3.05) is 28.6 Å². The third kappa shape index (κ3) is 8.83. The Labute approximate surface area is 353 Å². The summed E-state index contributed by atoms with van der Waals surface area (Å²) in [6.07, 6.45) is 15.9. The molecule has 1 fully saturated rings. The summed E-state index contributed by atoms with van der Waals surface area (Å²) >= 11 is 0. The lowest BCUT2D eigenvalue weighted by Gasteiger charge is -2.27. The average Bonchev–Trinajstić information content (AvgIpc) is 3.76. The minimum Gasteiger partial charge on any atom is -0.344 e. The van der Waals surface area contributed by atoms with Crippen molar-refractivity contribution >= 4 is 38.6 Å². The Kier molecular flexibility index (Phi) is 12.4.